The van der Waals surface area contributed by atoms with Crippen LogP contribution in [0.25, 0.3) is 0 Å². The van der Waals surface area contributed by atoms with Gasteiger partial charge in [0.2, 0.25) is 0 Å². The molecule has 0 aliphatic carbocycles. The van der Waals surface area contributed by atoms with Gasteiger partial charge in [0.15, 0.2) is 5.78 Å². The van der Waals surface area contributed by atoms with Crippen molar-refractivity contribution in [2.45, 2.75) is 37.3 Å². The standard InChI is InChI=1S/C13H18O2S/c1-9(14)12-10(15-5)7-6-8-11(12)16-13(2,3)4/h6-8H,1-5H3. The Bertz CT molecular complexity index is 391. The first kappa shape index (κ1) is 13.1. The topological polar surface area (TPSA) is 26.3 Å². The zero-order valence-corrected chi connectivity index (χ0v) is 11.3. The largest absolute Gasteiger partial charge is 0.496 e. The molecule has 0 amide bonds. The normalized spacial score (nSPS) is 11.3. The number of hydrogen-bond donors (Lipinski definition) is 0. The molecule has 0 atom stereocenters. The second kappa shape index (κ2) is 4.91. The molecule has 0 heterocycles. The van der Waals surface area contributed by atoms with Crippen molar-refractivity contribution in [1.29, 1.82) is 0 Å². The summed E-state index contributed by atoms with van der Waals surface area (Å²) in [6.45, 7) is 7.95. The van der Waals surface area contributed by atoms with Crippen molar-refractivity contribution in [1.82, 2.24) is 0 Å². The van der Waals surface area contributed by atoms with Crippen LogP contribution in [-0.2, 0) is 0 Å². The summed E-state index contributed by atoms with van der Waals surface area (Å²) in [6.07, 6.45) is 0. The average Bonchev–Trinajstić information content (AvgIpc) is 2.14. The first-order valence-electron chi connectivity index (χ1n) is 5.22. The Kier molecular flexibility index (Phi) is 4.03. The number of thioether (sulfide) groups is 1. The van der Waals surface area contributed by atoms with Crippen LogP contribution in [0.5, 0.6) is 5.75 Å². The van der Waals surface area contributed by atoms with Crippen LogP contribution >= 0.6 is 11.8 Å². The zero-order chi connectivity index (χ0) is 12.3. The number of hydrogen-bond acceptors (Lipinski definition) is 3. The molecule has 16 heavy (non-hydrogen) atoms. The molecule has 0 aliphatic rings. The molecule has 1 aromatic rings. The molecule has 0 fully saturated rings. The summed E-state index contributed by atoms with van der Waals surface area (Å²) in [6, 6.07) is 5.71. The molecule has 0 saturated heterocycles. The first-order valence-corrected chi connectivity index (χ1v) is 6.04. The SMILES string of the molecule is COc1cccc(SC(C)(C)C)c1C(C)=O. The molecule has 2 nitrogen and oxygen atoms in total. The highest BCUT2D eigenvalue weighted by atomic mass is 32.2. The van der Waals surface area contributed by atoms with E-state index in [-0.39, 0.29) is 10.5 Å². The van der Waals surface area contributed by atoms with E-state index < -0.39 is 0 Å². The van der Waals surface area contributed by atoms with Gasteiger partial charge in [-0.25, -0.2) is 0 Å². The van der Waals surface area contributed by atoms with Crippen molar-refractivity contribution >= 4 is 17.5 Å². The van der Waals surface area contributed by atoms with Crippen molar-refractivity contribution in [3.8, 4) is 5.75 Å². The number of methoxy groups -OCH3 is 1. The van der Waals surface area contributed by atoms with Gasteiger partial charge in [0.1, 0.15) is 5.75 Å². The summed E-state index contributed by atoms with van der Waals surface area (Å²) >= 11 is 1.68. The van der Waals surface area contributed by atoms with Gasteiger partial charge >= 0.3 is 0 Å². The van der Waals surface area contributed by atoms with Crippen LogP contribution in [-0.4, -0.2) is 17.6 Å². The molecule has 0 aromatic heterocycles. The summed E-state index contributed by atoms with van der Waals surface area (Å²) in [5.74, 6) is 0.700. The number of ketones is 1. The van der Waals surface area contributed by atoms with Crippen molar-refractivity contribution in [3.05, 3.63) is 23.8 Å². The third kappa shape index (κ3) is 3.27. The van der Waals surface area contributed by atoms with Gasteiger partial charge in [0, 0.05) is 9.64 Å². The van der Waals surface area contributed by atoms with E-state index in [0.29, 0.717) is 11.3 Å². The molecule has 1 rings (SSSR count). The monoisotopic (exact) mass is 238 g/mol. The molecule has 0 aliphatic heterocycles. The van der Waals surface area contributed by atoms with Gasteiger partial charge in [-0.3, -0.25) is 4.79 Å². The van der Waals surface area contributed by atoms with Gasteiger partial charge in [0.05, 0.1) is 12.7 Å². The summed E-state index contributed by atoms with van der Waals surface area (Å²) < 4.78 is 5.31. The van der Waals surface area contributed by atoms with Gasteiger partial charge in [-0.1, -0.05) is 26.8 Å². The van der Waals surface area contributed by atoms with Crippen LogP contribution in [0.3, 0.4) is 0 Å². The maximum atomic E-state index is 11.6. The fraction of sp³-hybridized carbons (Fsp3) is 0.462. The number of ether oxygens (including phenoxy) is 1. The fourth-order valence-corrected chi connectivity index (χ4v) is 2.60. The maximum Gasteiger partial charge on any atom is 0.164 e. The Morgan fingerprint density at radius 2 is 1.94 bits per heavy atom. The molecule has 0 unspecified atom stereocenters. The first-order chi connectivity index (χ1) is 7.35. The predicted molar refractivity (Wildman–Crippen MR) is 68.6 cm³/mol. The van der Waals surface area contributed by atoms with Gasteiger partial charge in [-0.15, -0.1) is 11.8 Å². The van der Waals surface area contributed by atoms with Crippen LogP contribution in [0.2, 0.25) is 0 Å². The van der Waals surface area contributed by atoms with Crippen LogP contribution in [0, 0.1) is 0 Å². The number of carbonyl (C=O) groups is 1. The van der Waals surface area contributed by atoms with Gasteiger partial charge in [-0.2, -0.15) is 0 Å². The molecule has 0 spiro atoms. The van der Waals surface area contributed by atoms with Crippen molar-refractivity contribution in [3.63, 3.8) is 0 Å². The lowest BCUT2D eigenvalue weighted by Gasteiger charge is -2.20. The van der Waals surface area contributed by atoms with E-state index >= 15 is 0 Å². The van der Waals surface area contributed by atoms with E-state index in [0.717, 1.165) is 4.90 Å². The summed E-state index contributed by atoms with van der Waals surface area (Å²) in [4.78, 5) is 12.6. The quantitative estimate of drug-likeness (QED) is 0.592. The molecular formula is C13H18O2S. The molecule has 0 N–H and O–H groups in total. The Hall–Kier alpha value is -0.960. The molecule has 0 radical (unpaired) electrons. The second-order valence-corrected chi connectivity index (χ2v) is 6.47. The van der Waals surface area contributed by atoms with E-state index in [9.17, 15) is 4.79 Å². The van der Waals surface area contributed by atoms with Crippen molar-refractivity contribution in [2.24, 2.45) is 0 Å². The third-order valence-electron chi connectivity index (χ3n) is 1.98. The van der Waals surface area contributed by atoms with Gasteiger partial charge < -0.3 is 4.74 Å². The van der Waals surface area contributed by atoms with Crippen LogP contribution < -0.4 is 4.74 Å². The molecule has 88 valence electrons. The van der Waals surface area contributed by atoms with Crippen molar-refractivity contribution in [2.75, 3.05) is 7.11 Å². The van der Waals surface area contributed by atoms with Gasteiger partial charge in [-0.05, 0) is 19.1 Å². The van der Waals surface area contributed by atoms with Crippen LogP contribution in [0.1, 0.15) is 38.1 Å². The minimum absolute atomic E-state index is 0.0456. The highest BCUT2D eigenvalue weighted by Crippen LogP contribution is 2.37. The average molecular weight is 238 g/mol. The van der Waals surface area contributed by atoms with Crippen LogP contribution in [0.4, 0.5) is 0 Å². The Labute approximate surface area is 101 Å². The molecule has 0 bridgehead atoms. The molecule has 3 heteroatoms. The van der Waals surface area contributed by atoms with E-state index in [1.807, 2.05) is 18.2 Å². The van der Waals surface area contributed by atoms with E-state index in [1.54, 1.807) is 25.8 Å². The predicted octanol–water partition coefficient (Wildman–Crippen LogP) is 3.79. The minimum Gasteiger partial charge on any atom is -0.496 e. The number of carbonyl (C=O) groups excluding carboxylic acids is 1. The zero-order valence-electron chi connectivity index (χ0n) is 10.5. The molecule has 0 saturated carbocycles. The lowest BCUT2D eigenvalue weighted by Crippen LogP contribution is -2.09. The number of Topliss-reactive ketones (excluding diaryl/α,β-unsaturated/α-hetero) is 1. The highest BCUT2D eigenvalue weighted by Gasteiger charge is 2.19. The summed E-state index contributed by atoms with van der Waals surface area (Å²) in [5.41, 5.74) is 0.685. The number of rotatable bonds is 3. The highest BCUT2D eigenvalue weighted by molar-refractivity contribution is 8.00. The van der Waals surface area contributed by atoms with Crippen LogP contribution in [0.15, 0.2) is 23.1 Å². The Balaban J connectivity index is 3.22. The minimum atomic E-state index is 0.0456. The Morgan fingerprint density at radius 1 is 1.31 bits per heavy atom. The summed E-state index contributed by atoms with van der Waals surface area (Å²) in [5, 5.41) is 0. The summed E-state index contributed by atoms with van der Waals surface area (Å²) in [7, 11) is 1.59. The Morgan fingerprint density at radius 3 is 2.38 bits per heavy atom. The third-order valence-corrected chi connectivity index (χ3v) is 3.15. The van der Waals surface area contributed by atoms with Crippen molar-refractivity contribution < 1.29 is 9.53 Å². The van der Waals surface area contributed by atoms with E-state index in [1.165, 1.54) is 0 Å². The molecule has 1 aromatic carbocycles. The fourth-order valence-electron chi connectivity index (χ4n) is 1.44. The number of benzene rings is 1. The second-order valence-electron chi connectivity index (χ2n) is 4.60. The lowest BCUT2D eigenvalue weighted by atomic mass is 10.1. The van der Waals surface area contributed by atoms with Gasteiger partial charge in [0.25, 0.3) is 0 Å². The molecular weight excluding hydrogens is 220 g/mol. The lowest BCUT2D eigenvalue weighted by molar-refractivity contribution is 0.101. The van der Waals surface area contributed by atoms with E-state index in [4.69, 9.17) is 4.74 Å². The smallest absolute Gasteiger partial charge is 0.164 e. The maximum absolute atomic E-state index is 11.6. The van der Waals surface area contributed by atoms with E-state index in [2.05, 4.69) is 20.8 Å².